The molecular weight excluding hydrogens is 386 g/mol. The lowest BCUT2D eigenvalue weighted by atomic mass is 10.00. The van der Waals surface area contributed by atoms with E-state index >= 15 is 0 Å². The molecule has 0 radical (unpaired) electrons. The molecule has 5 nitrogen and oxygen atoms in total. The van der Waals surface area contributed by atoms with E-state index < -0.39 is 0 Å². The molecule has 2 aliphatic rings. The minimum atomic E-state index is 0.146. The lowest BCUT2D eigenvalue weighted by Gasteiger charge is -2.35. The molecule has 2 aliphatic heterocycles. The van der Waals surface area contributed by atoms with Crippen molar-refractivity contribution in [3.05, 3.63) is 71.4 Å². The highest BCUT2D eigenvalue weighted by atomic mass is 16.5. The molecule has 31 heavy (non-hydrogen) atoms. The Hall–Kier alpha value is -2.63. The zero-order chi connectivity index (χ0) is 21.0. The van der Waals surface area contributed by atoms with E-state index in [0.717, 1.165) is 81.5 Å². The molecule has 2 aromatic carbocycles. The van der Waals surface area contributed by atoms with Crippen molar-refractivity contribution in [2.24, 2.45) is 0 Å². The summed E-state index contributed by atoms with van der Waals surface area (Å²) in [7, 11) is 0. The van der Waals surface area contributed by atoms with Gasteiger partial charge in [0, 0.05) is 62.7 Å². The molecule has 0 atom stereocenters. The second-order valence-corrected chi connectivity index (χ2v) is 8.77. The summed E-state index contributed by atoms with van der Waals surface area (Å²) in [5, 5.41) is 1.14. The number of fused-ring (bicyclic) bond motifs is 2. The highest BCUT2D eigenvalue weighted by Crippen LogP contribution is 2.22. The van der Waals surface area contributed by atoms with Crippen molar-refractivity contribution in [3.63, 3.8) is 0 Å². The summed E-state index contributed by atoms with van der Waals surface area (Å²) in [6, 6.07) is 17.1. The van der Waals surface area contributed by atoms with Crippen molar-refractivity contribution in [1.82, 2.24) is 14.8 Å². The van der Waals surface area contributed by atoms with Crippen LogP contribution in [0, 0.1) is 0 Å². The minimum Gasteiger partial charge on any atom is -0.381 e. The molecule has 0 spiro atoms. The first-order valence-corrected chi connectivity index (χ1v) is 11.5. The van der Waals surface area contributed by atoms with Gasteiger partial charge in [-0.2, -0.15) is 0 Å². The largest absolute Gasteiger partial charge is 0.381 e. The third kappa shape index (κ3) is 4.53. The van der Waals surface area contributed by atoms with E-state index in [1.54, 1.807) is 0 Å². The van der Waals surface area contributed by atoms with E-state index in [1.165, 1.54) is 11.1 Å². The Morgan fingerprint density at radius 1 is 1.10 bits per heavy atom. The SMILES string of the molecule is O=C(c1ccc2cc[nH]c2c1)N(CCCN1CCc2ccccc2C1)C1CCOCC1. The van der Waals surface area contributed by atoms with Crippen molar-refractivity contribution in [2.45, 2.75) is 38.3 Å². The smallest absolute Gasteiger partial charge is 0.254 e. The molecule has 162 valence electrons. The maximum absolute atomic E-state index is 13.5. The number of hydrogen-bond donors (Lipinski definition) is 1. The van der Waals surface area contributed by atoms with E-state index in [9.17, 15) is 4.79 Å². The fourth-order valence-electron chi connectivity index (χ4n) is 5.00. The number of hydrogen-bond acceptors (Lipinski definition) is 3. The molecule has 0 bridgehead atoms. The predicted octanol–water partition coefficient (Wildman–Crippen LogP) is 4.24. The van der Waals surface area contributed by atoms with Crippen LogP contribution in [0.15, 0.2) is 54.7 Å². The number of nitrogens with zero attached hydrogens (tertiary/aromatic N) is 2. The van der Waals surface area contributed by atoms with Crippen LogP contribution in [0.4, 0.5) is 0 Å². The number of aromatic amines is 1. The second kappa shape index (κ2) is 9.25. The maximum Gasteiger partial charge on any atom is 0.254 e. The molecule has 3 aromatic rings. The molecule has 3 heterocycles. The van der Waals surface area contributed by atoms with Crippen LogP contribution < -0.4 is 0 Å². The van der Waals surface area contributed by atoms with Gasteiger partial charge >= 0.3 is 0 Å². The quantitative estimate of drug-likeness (QED) is 0.653. The van der Waals surface area contributed by atoms with Crippen LogP contribution in [-0.4, -0.2) is 59.6 Å². The Kier molecular flexibility index (Phi) is 6.05. The highest BCUT2D eigenvalue weighted by molar-refractivity contribution is 5.98. The van der Waals surface area contributed by atoms with E-state index in [-0.39, 0.29) is 11.9 Å². The van der Waals surface area contributed by atoms with Gasteiger partial charge in [0.25, 0.3) is 5.91 Å². The van der Waals surface area contributed by atoms with Gasteiger partial charge < -0.3 is 14.6 Å². The second-order valence-electron chi connectivity index (χ2n) is 8.77. The first-order chi connectivity index (χ1) is 15.3. The number of aromatic nitrogens is 1. The number of ether oxygens (including phenoxy) is 1. The first kappa shape index (κ1) is 20.3. The number of carbonyl (C=O) groups excluding carboxylic acids is 1. The molecule has 1 N–H and O–H groups in total. The van der Waals surface area contributed by atoms with E-state index in [4.69, 9.17) is 4.74 Å². The van der Waals surface area contributed by atoms with Gasteiger partial charge in [-0.1, -0.05) is 30.3 Å². The molecule has 0 aliphatic carbocycles. The number of benzene rings is 2. The predicted molar refractivity (Wildman–Crippen MR) is 123 cm³/mol. The van der Waals surface area contributed by atoms with Gasteiger partial charge in [-0.25, -0.2) is 0 Å². The molecule has 0 unspecified atom stereocenters. The van der Waals surface area contributed by atoms with Crippen LogP contribution >= 0.6 is 0 Å². The summed E-state index contributed by atoms with van der Waals surface area (Å²) in [5.74, 6) is 0.146. The molecule has 1 aromatic heterocycles. The van der Waals surface area contributed by atoms with Gasteiger partial charge in [-0.3, -0.25) is 9.69 Å². The maximum atomic E-state index is 13.5. The highest BCUT2D eigenvalue weighted by Gasteiger charge is 2.27. The van der Waals surface area contributed by atoms with Gasteiger partial charge in [0.05, 0.1) is 0 Å². The fraction of sp³-hybridized carbons (Fsp3) is 0.423. The van der Waals surface area contributed by atoms with E-state index in [0.29, 0.717) is 0 Å². The minimum absolute atomic E-state index is 0.146. The van der Waals surface area contributed by atoms with Crippen molar-refractivity contribution in [3.8, 4) is 0 Å². The van der Waals surface area contributed by atoms with Gasteiger partial charge in [-0.05, 0) is 60.4 Å². The third-order valence-corrected chi connectivity index (χ3v) is 6.78. The molecule has 5 rings (SSSR count). The summed E-state index contributed by atoms with van der Waals surface area (Å²) < 4.78 is 5.56. The summed E-state index contributed by atoms with van der Waals surface area (Å²) in [4.78, 5) is 21.4. The number of rotatable bonds is 6. The van der Waals surface area contributed by atoms with Gasteiger partial charge in [0.15, 0.2) is 0 Å². The van der Waals surface area contributed by atoms with Crippen molar-refractivity contribution in [1.29, 1.82) is 0 Å². The summed E-state index contributed by atoms with van der Waals surface area (Å²) in [6.45, 7) is 5.43. The Bertz CT molecular complexity index is 1040. The Morgan fingerprint density at radius 2 is 1.94 bits per heavy atom. The first-order valence-electron chi connectivity index (χ1n) is 11.5. The van der Waals surface area contributed by atoms with Crippen LogP contribution in [0.3, 0.4) is 0 Å². The average Bonchev–Trinajstić information content (AvgIpc) is 3.30. The normalized spacial score (nSPS) is 17.5. The van der Waals surface area contributed by atoms with Gasteiger partial charge in [0.2, 0.25) is 0 Å². The zero-order valence-electron chi connectivity index (χ0n) is 18.1. The summed E-state index contributed by atoms with van der Waals surface area (Å²) in [5.41, 5.74) is 4.72. The summed E-state index contributed by atoms with van der Waals surface area (Å²) >= 11 is 0. The number of H-pyrrole nitrogens is 1. The van der Waals surface area contributed by atoms with Crippen LogP contribution in [0.5, 0.6) is 0 Å². The summed E-state index contributed by atoms with van der Waals surface area (Å²) in [6.07, 6.45) is 5.89. The van der Waals surface area contributed by atoms with Crippen molar-refractivity contribution in [2.75, 3.05) is 32.8 Å². The molecule has 5 heteroatoms. The Morgan fingerprint density at radius 3 is 2.81 bits per heavy atom. The monoisotopic (exact) mass is 417 g/mol. The Balaban J connectivity index is 1.26. The van der Waals surface area contributed by atoms with Crippen molar-refractivity contribution < 1.29 is 9.53 Å². The van der Waals surface area contributed by atoms with Crippen molar-refractivity contribution >= 4 is 16.8 Å². The van der Waals surface area contributed by atoms with Crippen LogP contribution in [-0.2, 0) is 17.7 Å². The molecule has 0 saturated carbocycles. The van der Waals surface area contributed by atoms with E-state index in [1.807, 2.05) is 30.5 Å². The van der Waals surface area contributed by atoms with Crippen LogP contribution in [0.2, 0.25) is 0 Å². The molecular formula is C26H31N3O2. The van der Waals surface area contributed by atoms with Gasteiger partial charge in [0.1, 0.15) is 0 Å². The van der Waals surface area contributed by atoms with Crippen LogP contribution in [0.1, 0.15) is 40.7 Å². The topological polar surface area (TPSA) is 48.6 Å². The number of nitrogens with one attached hydrogen (secondary N) is 1. The molecule has 1 amide bonds. The number of carbonyl (C=O) groups is 1. The van der Waals surface area contributed by atoms with Crippen LogP contribution in [0.25, 0.3) is 10.9 Å². The third-order valence-electron chi connectivity index (χ3n) is 6.78. The van der Waals surface area contributed by atoms with Gasteiger partial charge in [-0.15, -0.1) is 0 Å². The molecule has 1 saturated heterocycles. The lowest BCUT2D eigenvalue weighted by molar-refractivity contribution is 0.0279. The fourth-order valence-corrected chi connectivity index (χ4v) is 5.00. The number of amides is 1. The standard InChI is InChI=1S/C26H31N3O2/c30-26(22-7-6-21-8-12-27-25(21)18-22)29(24-10-16-31-17-11-24)14-3-13-28-15-9-20-4-1-2-5-23(20)19-28/h1-2,4-8,12,18,24,27H,3,9-11,13-17,19H2. The average molecular weight is 418 g/mol. The molecule has 1 fully saturated rings. The Labute approximate surface area is 184 Å². The van der Waals surface area contributed by atoms with E-state index in [2.05, 4.69) is 39.0 Å². The lowest BCUT2D eigenvalue weighted by Crippen LogP contribution is -2.45. The zero-order valence-corrected chi connectivity index (χ0v) is 18.1.